The minimum atomic E-state index is -4.42. The predicted molar refractivity (Wildman–Crippen MR) is 79.9 cm³/mol. The lowest BCUT2D eigenvalue weighted by molar-refractivity contribution is -0.137. The van der Waals surface area contributed by atoms with Gasteiger partial charge in [-0.1, -0.05) is 31.9 Å². The Morgan fingerprint density at radius 2 is 2.14 bits per heavy atom. The quantitative estimate of drug-likeness (QED) is 0.898. The average Bonchev–Trinajstić information content (AvgIpc) is 2.46. The number of nitrogens with one attached hydrogen (secondary N) is 1. The van der Waals surface area contributed by atoms with E-state index in [0.29, 0.717) is 30.7 Å². The molecule has 0 aromatic heterocycles. The second-order valence-electron chi connectivity index (χ2n) is 5.55. The number of hydrogen-bond donors (Lipinski definition) is 1. The molecule has 2 rings (SSSR count). The molecule has 21 heavy (non-hydrogen) atoms. The first kappa shape index (κ1) is 16.4. The summed E-state index contributed by atoms with van der Waals surface area (Å²) in [5.41, 5.74) is -0.179. The van der Waals surface area contributed by atoms with Gasteiger partial charge in [-0.3, -0.25) is 0 Å². The van der Waals surface area contributed by atoms with Crippen LogP contribution in [0.1, 0.15) is 25.8 Å². The first-order valence-electron chi connectivity index (χ1n) is 7.18. The van der Waals surface area contributed by atoms with Crippen LogP contribution in [0.25, 0.3) is 0 Å². The standard InChI is InChI=1S/C15H20ClF3N2/c1-3-10(2)14-9-21(7-6-20-14)11-4-5-13(16)12(8-11)15(17,18)19/h4-5,8,10,14,20H,3,6-7,9H2,1-2H3. The molecule has 118 valence electrons. The average molecular weight is 321 g/mol. The Labute approximate surface area is 128 Å². The van der Waals surface area contributed by atoms with Gasteiger partial charge in [0.1, 0.15) is 0 Å². The molecule has 0 aliphatic carbocycles. The van der Waals surface area contributed by atoms with E-state index < -0.39 is 11.7 Å². The van der Waals surface area contributed by atoms with Gasteiger partial charge in [0.05, 0.1) is 10.6 Å². The molecule has 6 heteroatoms. The summed E-state index contributed by atoms with van der Waals surface area (Å²) in [6, 6.07) is 4.45. The zero-order valence-corrected chi connectivity index (χ0v) is 12.9. The van der Waals surface area contributed by atoms with Crippen molar-refractivity contribution in [1.82, 2.24) is 5.32 Å². The molecule has 2 nitrogen and oxygen atoms in total. The highest BCUT2D eigenvalue weighted by Gasteiger charge is 2.34. The van der Waals surface area contributed by atoms with Gasteiger partial charge in [-0.15, -0.1) is 0 Å². The molecule has 0 amide bonds. The third-order valence-corrected chi connectivity index (χ3v) is 4.49. The van der Waals surface area contributed by atoms with Crippen molar-refractivity contribution in [2.24, 2.45) is 5.92 Å². The van der Waals surface area contributed by atoms with Gasteiger partial charge in [-0.25, -0.2) is 0 Å². The van der Waals surface area contributed by atoms with E-state index in [1.807, 2.05) is 4.90 Å². The fourth-order valence-electron chi connectivity index (χ4n) is 2.61. The zero-order chi connectivity index (χ0) is 15.6. The molecule has 1 heterocycles. The van der Waals surface area contributed by atoms with Crippen LogP contribution in [0.4, 0.5) is 18.9 Å². The lowest BCUT2D eigenvalue weighted by Gasteiger charge is -2.38. The maximum absolute atomic E-state index is 12.9. The van der Waals surface area contributed by atoms with E-state index in [1.165, 1.54) is 6.07 Å². The number of benzene rings is 1. The molecule has 0 radical (unpaired) electrons. The summed E-state index contributed by atoms with van der Waals surface area (Å²) in [6.45, 7) is 6.47. The van der Waals surface area contributed by atoms with Crippen LogP contribution in [-0.2, 0) is 6.18 Å². The molecule has 1 N–H and O–H groups in total. The van der Waals surface area contributed by atoms with Gasteiger partial charge >= 0.3 is 6.18 Å². The zero-order valence-electron chi connectivity index (χ0n) is 12.2. The number of nitrogens with zero attached hydrogens (tertiary/aromatic N) is 1. The van der Waals surface area contributed by atoms with Crippen molar-refractivity contribution < 1.29 is 13.2 Å². The Balaban J connectivity index is 2.22. The summed E-state index contributed by atoms with van der Waals surface area (Å²) < 4.78 is 38.8. The van der Waals surface area contributed by atoms with Crippen molar-refractivity contribution in [1.29, 1.82) is 0 Å². The highest BCUT2D eigenvalue weighted by molar-refractivity contribution is 6.31. The molecule has 1 aromatic rings. The normalized spacial score (nSPS) is 21.4. The van der Waals surface area contributed by atoms with Crippen molar-refractivity contribution in [3.63, 3.8) is 0 Å². The molecule has 0 spiro atoms. The van der Waals surface area contributed by atoms with Crippen LogP contribution in [0.5, 0.6) is 0 Å². The maximum Gasteiger partial charge on any atom is 0.417 e. The summed E-state index contributed by atoms with van der Waals surface area (Å²) in [5, 5.41) is 3.19. The number of rotatable bonds is 3. The smallest absolute Gasteiger partial charge is 0.369 e. The minimum absolute atomic E-state index is 0.250. The fourth-order valence-corrected chi connectivity index (χ4v) is 2.83. The second-order valence-corrected chi connectivity index (χ2v) is 5.96. The lowest BCUT2D eigenvalue weighted by Crippen LogP contribution is -2.53. The fraction of sp³-hybridized carbons (Fsp3) is 0.600. The van der Waals surface area contributed by atoms with Crippen molar-refractivity contribution in [2.45, 2.75) is 32.5 Å². The van der Waals surface area contributed by atoms with Crippen molar-refractivity contribution >= 4 is 17.3 Å². The molecule has 1 aromatic carbocycles. The second kappa shape index (κ2) is 6.44. The van der Waals surface area contributed by atoms with Crippen LogP contribution in [0, 0.1) is 5.92 Å². The first-order chi connectivity index (χ1) is 9.82. The van der Waals surface area contributed by atoms with Gasteiger partial charge in [-0.05, 0) is 24.1 Å². The van der Waals surface area contributed by atoms with Crippen LogP contribution in [-0.4, -0.2) is 25.7 Å². The molecular weight excluding hydrogens is 301 g/mol. The van der Waals surface area contributed by atoms with Gasteiger partial charge in [-0.2, -0.15) is 13.2 Å². The molecule has 2 unspecified atom stereocenters. The SMILES string of the molecule is CCC(C)C1CN(c2ccc(Cl)c(C(F)(F)F)c2)CCN1. The number of hydrogen-bond acceptors (Lipinski definition) is 2. The number of halogens is 4. The highest BCUT2D eigenvalue weighted by Crippen LogP contribution is 2.37. The third-order valence-electron chi connectivity index (χ3n) is 4.16. The maximum atomic E-state index is 12.9. The molecule has 1 aliphatic rings. The largest absolute Gasteiger partial charge is 0.417 e. The van der Waals surface area contributed by atoms with E-state index in [1.54, 1.807) is 6.07 Å². The number of piperazine rings is 1. The molecular formula is C15H20ClF3N2. The topological polar surface area (TPSA) is 15.3 Å². The van der Waals surface area contributed by atoms with E-state index in [9.17, 15) is 13.2 Å². The lowest BCUT2D eigenvalue weighted by atomic mass is 9.97. The van der Waals surface area contributed by atoms with Crippen molar-refractivity contribution in [3.8, 4) is 0 Å². The first-order valence-corrected chi connectivity index (χ1v) is 7.55. The summed E-state index contributed by atoms with van der Waals surface area (Å²) in [4.78, 5) is 2.00. The van der Waals surface area contributed by atoms with Crippen LogP contribution < -0.4 is 10.2 Å². The van der Waals surface area contributed by atoms with E-state index in [-0.39, 0.29) is 5.02 Å². The van der Waals surface area contributed by atoms with Crippen molar-refractivity contribution in [2.75, 3.05) is 24.5 Å². The summed E-state index contributed by atoms with van der Waals surface area (Å²) in [7, 11) is 0. The van der Waals surface area contributed by atoms with E-state index >= 15 is 0 Å². The van der Waals surface area contributed by atoms with Crippen LogP contribution in [0.2, 0.25) is 5.02 Å². The highest BCUT2D eigenvalue weighted by atomic mass is 35.5. The molecule has 1 fully saturated rings. The van der Waals surface area contributed by atoms with Crippen LogP contribution in [0.3, 0.4) is 0 Å². The number of alkyl halides is 3. The van der Waals surface area contributed by atoms with E-state index in [2.05, 4.69) is 19.2 Å². The summed E-state index contributed by atoms with van der Waals surface area (Å²) in [6.07, 6.45) is -3.38. The summed E-state index contributed by atoms with van der Waals surface area (Å²) in [5.74, 6) is 0.488. The number of anilines is 1. The molecule has 2 atom stereocenters. The van der Waals surface area contributed by atoms with Crippen LogP contribution in [0.15, 0.2) is 18.2 Å². The van der Waals surface area contributed by atoms with Gasteiger partial charge in [0.2, 0.25) is 0 Å². The van der Waals surface area contributed by atoms with Crippen LogP contribution >= 0.6 is 11.6 Å². The molecule has 0 saturated carbocycles. The monoisotopic (exact) mass is 320 g/mol. The third kappa shape index (κ3) is 3.83. The Bertz CT molecular complexity index is 490. The Morgan fingerprint density at radius 3 is 2.76 bits per heavy atom. The molecule has 1 aliphatic heterocycles. The Morgan fingerprint density at radius 1 is 1.43 bits per heavy atom. The van der Waals surface area contributed by atoms with Gasteiger partial charge in [0.15, 0.2) is 0 Å². The van der Waals surface area contributed by atoms with Gasteiger partial charge < -0.3 is 10.2 Å². The molecule has 1 saturated heterocycles. The Hall–Kier alpha value is -0.940. The summed E-state index contributed by atoms with van der Waals surface area (Å²) >= 11 is 5.67. The van der Waals surface area contributed by atoms with Gasteiger partial charge in [0.25, 0.3) is 0 Å². The molecule has 0 bridgehead atoms. The Kier molecular flexibility index (Phi) is 5.04. The van der Waals surface area contributed by atoms with E-state index in [0.717, 1.165) is 19.0 Å². The van der Waals surface area contributed by atoms with Crippen molar-refractivity contribution in [3.05, 3.63) is 28.8 Å². The minimum Gasteiger partial charge on any atom is -0.369 e. The predicted octanol–water partition coefficient (Wildman–Crippen LogP) is 4.18. The van der Waals surface area contributed by atoms with E-state index in [4.69, 9.17) is 11.6 Å². The van der Waals surface area contributed by atoms with Gasteiger partial charge in [0, 0.05) is 31.4 Å².